The van der Waals surface area contributed by atoms with Gasteiger partial charge in [-0.15, -0.1) is 11.3 Å². The molecule has 3 nitrogen and oxygen atoms in total. The zero-order valence-electron chi connectivity index (χ0n) is 12.6. The van der Waals surface area contributed by atoms with Crippen LogP contribution in [0.5, 0.6) is 0 Å². The lowest BCUT2D eigenvalue weighted by molar-refractivity contribution is -0.119. The van der Waals surface area contributed by atoms with Gasteiger partial charge in [-0.3, -0.25) is 9.69 Å². The minimum Gasteiger partial charge on any atom is -0.312 e. The summed E-state index contributed by atoms with van der Waals surface area (Å²) in [7, 11) is 0. The largest absolute Gasteiger partial charge is 0.312 e. The summed E-state index contributed by atoms with van der Waals surface area (Å²) < 4.78 is 13.0. The van der Waals surface area contributed by atoms with Crippen LogP contribution in [-0.2, 0) is 17.8 Å². The molecule has 2 heterocycles. The topological polar surface area (TPSA) is 23.6 Å². The summed E-state index contributed by atoms with van der Waals surface area (Å²) in [6.45, 7) is 4.68. The molecule has 5 heteroatoms. The number of thiophene rings is 1. The quantitative estimate of drug-likeness (QED) is 0.863. The Morgan fingerprint density at radius 3 is 2.82 bits per heavy atom. The second kappa shape index (κ2) is 6.58. The summed E-state index contributed by atoms with van der Waals surface area (Å²) in [5.74, 6) is -0.221. The summed E-state index contributed by atoms with van der Waals surface area (Å²) in [4.78, 5) is 17.9. The molecule has 0 unspecified atom stereocenters. The summed E-state index contributed by atoms with van der Waals surface area (Å²) >= 11 is 1.80. The van der Waals surface area contributed by atoms with Crippen molar-refractivity contribution in [1.29, 1.82) is 0 Å². The number of carbonyl (C=O) groups excluding carboxylic acids is 1. The number of amides is 1. The Morgan fingerprint density at radius 2 is 2.09 bits per heavy atom. The highest BCUT2D eigenvalue weighted by Gasteiger charge is 2.22. The Bertz CT molecular complexity index is 653. The number of carbonyl (C=O) groups is 1. The van der Waals surface area contributed by atoms with E-state index in [1.165, 1.54) is 22.6 Å². The second-order valence-electron chi connectivity index (χ2n) is 5.44. The molecule has 0 saturated carbocycles. The first-order chi connectivity index (χ1) is 10.7. The van der Waals surface area contributed by atoms with Crippen LogP contribution in [0.2, 0.25) is 0 Å². The standard InChI is InChI=1S/C17H19FN2OS/c1-2-20(15-5-3-14(18)4-6-15)17(21)12-19-9-7-16-13(11-19)8-10-22-16/h3-6,8,10H,2,7,9,11-12H2,1H3. The van der Waals surface area contributed by atoms with E-state index in [0.717, 1.165) is 25.2 Å². The lowest BCUT2D eigenvalue weighted by atomic mass is 10.1. The minimum absolute atomic E-state index is 0.0628. The Balaban J connectivity index is 1.66. The van der Waals surface area contributed by atoms with E-state index in [9.17, 15) is 9.18 Å². The fourth-order valence-electron chi connectivity index (χ4n) is 2.84. The molecule has 2 aromatic rings. The molecule has 3 rings (SSSR count). The van der Waals surface area contributed by atoms with Gasteiger partial charge < -0.3 is 4.90 Å². The third-order valence-electron chi connectivity index (χ3n) is 4.00. The van der Waals surface area contributed by atoms with Crippen molar-refractivity contribution in [2.45, 2.75) is 19.9 Å². The van der Waals surface area contributed by atoms with Crippen LogP contribution in [0.15, 0.2) is 35.7 Å². The molecule has 0 bridgehead atoms. The maximum atomic E-state index is 13.0. The molecule has 0 atom stereocenters. The molecule has 0 fully saturated rings. The third-order valence-corrected chi connectivity index (χ3v) is 5.02. The van der Waals surface area contributed by atoms with Crippen LogP contribution in [0.3, 0.4) is 0 Å². The van der Waals surface area contributed by atoms with Crippen LogP contribution < -0.4 is 4.90 Å². The molecule has 0 saturated heterocycles. The predicted molar refractivity (Wildman–Crippen MR) is 87.7 cm³/mol. The Morgan fingerprint density at radius 1 is 1.32 bits per heavy atom. The fourth-order valence-corrected chi connectivity index (χ4v) is 3.73. The first-order valence-electron chi connectivity index (χ1n) is 7.51. The highest BCUT2D eigenvalue weighted by atomic mass is 32.1. The number of nitrogens with zero attached hydrogens (tertiary/aromatic N) is 2. The van der Waals surface area contributed by atoms with E-state index in [2.05, 4.69) is 16.3 Å². The van der Waals surface area contributed by atoms with Gasteiger partial charge in [-0.05, 0) is 54.6 Å². The van der Waals surface area contributed by atoms with Gasteiger partial charge in [0, 0.05) is 30.2 Å². The smallest absolute Gasteiger partial charge is 0.241 e. The molecule has 0 aliphatic carbocycles. The van der Waals surface area contributed by atoms with E-state index in [1.54, 1.807) is 28.4 Å². The number of hydrogen-bond donors (Lipinski definition) is 0. The second-order valence-corrected chi connectivity index (χ2v) is 6.44. The van der Waals surface area contributed by atoms with Crippen LogP contribution >= 0.6 is 11.3 Å². The maximum absolute atomic E-state index is 13.0. The van der Waals surface area contributed by atoms with Crippen molar-refractivity contribution in [3.05, 3.63) is 52.0 Å². The molecule has 0 radical (unpaired) electrons. The number of benzene rings is 1. The first kappa shape index (κ1) is 15.2. The number of hydrogen-bond acceptors (Lipinski definition) is 3. The summed E-state index contributed by atoms with van der Waals surface area (Å²) in [6, 6.07) is 8.25. The van der Waals surface area contributed by atoms with E-state index in [1.807, 2.05) is 6.92 Å². The van der Waals surface area contributed by atoms with Crippen LogP contribution in [0.4, 0.5) is 10.1 Å². The molecule has 0 spiro atoms. The first-order valence-corrected chi connectivity index (χ1v) is 8.39. The molecule has 1 aliphatic heterocycles. The maximum Gasteiger partial charge on any atom is 0.241 e. The number of halogens is 1. The van der Waals surface area contributed by atoms with E-state index in [-0.39, 0.29) is 11.7 Å². The Labute approximate surface area is 134 Å². The number of likely N-dealkylation sites (N-methyl/N-ethyl adjacent to an activating group) is 1. The molecule has 22 heavy (non-hydrogen) atoms. The van der Waals surface area contributed by atoms with Crippen molar-refractivity contribution in [3.63, 3.8) is 0 Å². The van der Waals surface area contributed by atoms with Crippen molar-refractivity contribution < 1.29 is 9.18 Å². The van der Waals surface area contributed by atoms with Gasteiger partial charge in [0.05, 0.1) is 6.54 Å². The number of anilines is 1. The van der Waals surface area contributed by atoms with Gasteiger partial charge in [0.2, 0.25) is 5.91 Å². The van der Waals surface area contributed by atoms with Crippen LogP contribution in [0.25, 0.3) is 0 Å². The van der Waals surface area contributed by atoms with Crippen LogP contribution in [0, 0.1) is 5.82 Å². The van der Waals surface area contributed by atoms with E-state index < -0.39 is 0 Å². The van der Waals surface area contributed by atoms with Gasteiger partial charge in [-0.25, -0.2) is 4.39 Å². The highest BCUT2D eigenvalue weighted by Crippen LogP contribution is 2.24. The lowest BCUT2D eigenvalue weighted by Gasteiger charge is -2.29. The molecule has 0 N–H and O–H groups in total. The van der Waals surface area contributed by atoms with Gasteiger partial charge in [-0.2, -0.15) is 0 Å². The minimum atomic E-state index is -0.284. The van der Waals surface area contributed by atoms with Crippen LogP contribution in [-0.4, -0.2) is 30.4 Å². The normalized spacial score (nSPS) is 14.6. The molecule has 1 aromatic heterocycles. The molecular formula is C17H19FN2OS. The van der Waals surface area contributed by atoms with Gasteiger partial charge in [0.1, 0.15) is 5.82 Å². The molecule has 1 amide bonds. The van der Waals surface area contributed by atoms with Crippen molar-refractivity contribution in [2.75, 3.05) is 24.5 Å². The van der Waals surface area contributed by atoms with Crippen molar-refractivity contribution in [1.82, 2.24) is 4.90 Å². The van der Waals surface area contributed by atoms with Crippen molar-refractivity contribution in [3.8, 4) is 0 Å². The van der Waals surface area contributed by atoms with E-state index in [4.69, 9.17) is 0 Å². The van der Waals surface area contributed by atoms with Gasteiger partial charge in [0.15, 0.2) is 0 Å². The molecule has 1 aliphatic rings. The van der Waals surface area contributed by atoms with E-state index in [0.29, 0.717) is 13.1 Å². The zero-order chi connectivity index (χ0) is 15.5. The van der Waals surface area contributed by atoms with Gasteiger partial charge in [-0.1, -0.05) is 0 Å². The van der Waals surface area contributed by atoms with Gasteiger partial charge >= 0.3 is 0 Å². The number of fused-ring (bicyclic) bond motifs is 1. The average molecular weight is 318 g/mol. The van der Waals surface area contributed by atoms with E-state index >= 15 is 0 Å². The molecular weight excluding hydrogens is 299 g/mol. The Hall–Kier alpha value is -1.72. The van der Waals surface area contributed by atoms with Gasteiger partial charge in [0.25, 0.3) is 0 Å². The molecule has 1 aromatic carbocycles. The zero-order valence-corrected chi connectivity index (χ0v) is 13.4. The monoisotopic (exact) mass is 318 g/mol. The fraction of sp³-hybridized carbons (Fsp3) is 0.353. The van der Waals surface area contributed by atoms with Crippen molar-refractivity contribution in [2.24, 2.45) is 0 Å². The Kier molecular flexibility index (Phi) is 4.55. The molecule has 116 valence electrons. The predicted octanol–water partition coefficient (Wildman–Crippen LogP) is 3.30. The summed E-state index contributed by atoms with van der Waals surface area (Å²) in [6.07, 6.45) is 1.02. The lowest BCUT2D eigenvalue weighted by Crippen LogP contribution is -2.42. The SMILES string of the molecule is CCN(C(=O)CN1CCc2sccc2C1)c1ccc(F)cc1. The third kappa shape index (κ3) is 3.20. The summed E-state index contributed by atoms with van der Waals surface area (Å²) in [5, 5.41) is 2.12. The number of rotatable bonds is 4. The average Bonchev–Trinajstić information content (AvgIpc) is 2.97. The van der Waals surface area contributed by atoms with Crippen molar-refractivity contribution >= 4 is 22.9 Å². The highest BCUT2D eigenvalue weighted by molar-refractivity contribution is 7.10. The van der Waals surface area contributed by atoms with Crippen LogP contribution in [0.1, 0.15) is 17.4 Å². The summed E-state index contributed by atoms with van der Waals surface area (Å²) in [5.41, 5.74) is 2.09.